The average Bonchev–Trinajstić information content (AvgIpc) is 2.78. The van der Waals surface area contributed by atoms with Crippen molar-refractivity contribution in [3.8, 4) is 11.8 Å². The zero-order chi connectivity index (χ0) is 13.1. The van der Waals surface area contributed by atoms with Gasteiger partial charge in [-0.3, -0.25) is 0 Å². The van der Waals surface area contributed by atoms with Crippen molar-refractivity contribution in [2.45, 2.75) is 20.4 Å². The number of imidazole rings is 1. The summed E-state index contributed by atoms with van der Waals surface area (Å²) in [5.41, 5.74) is 0.904. The number of hydrogen-bond donors (Lipinski definition) is 1. The maximum absolute atomic E-state index is 11.1. The number of benzene rings is 1. The van der Waals surface area contributed by atoms with E-state index in [0.29, 0.717) is 18.3 Å². The molecule has 0 unspecified atom stereocenters. The third-order valence-electron chi connectivity index (χ3n) is 2.65. The van der Waals surface area contributed by atoms with Crippen LogP contribution in [0.2, 0.25) is 0 Å². The quantitative estimate of drug-likeness (QED) is 0.900. The van der Waals surface area contributed by atoms with Gasteiger partial charge in [-0.2, -0.15) is 0 Å². The second-order valence-corrected chi connectivity index (χ2v) is 3.85. The van der Waals surface area contributed by atoms with Gasteiger partial charge in [0.25, 0.3) is 0 Å². The Labute approximate surface area is 105 Å². The average molecular weight is 246 g/mol. The Morgan fingerprint density at radius 1 is 1.50 bits per heavy atom. The van der Waals surface area contributed by atoms with Crippen molar-refractivity contribution < 1.29 is 14.6 Å². The van der Waals surface area contributed by atoms with Crippen LogP contribution in [-0.4, -0.2) is 20.6 Å². The largest absolute Gasteiger partial charge is 0.478 e. The molecule has 0 radical (unpaired) electrons. The standard InChI is InChI=1S/C13H14N2O3/c1-3-15-8-7-14-13(15)18-11-9(2)5-4-6-10(11)12(16)17/h4-8H,3H2,1-2H3,(H,16,17). The number of aromatic carboxylic acids is 1. The maximum atomic E-state index is 11.1. The van der Waals surface area contributed by atoms with Crippen molar-refractivity contribution in [1.82, 2.24) is 9.55 Å². The number of aromatic nitrogens is 2. The molecule has 18 heavy (non-hydrogen) atoms. The molecule has 0 amide bonds. The highest BCUT2D eigenvalue weighted by Crippen LogP contribution is 2.28. The predicted molar refractivity (Wildman–Crippen MR) is 66.1 cm³/mol. The second-order valence-electron chi connectivity index (χ2n) is 3.85. The number of aryl methyl sites for hydroxylation is 2. The highest BCUT2D eigenvalue weighted by molar-refractivity contribution is 5.91. The van der Waals surface area contributed by atoms with Crippen molar-refractivity contribution in [3.05, 3.63) is 41.7 Å². The Bertz CT molecular complexity index is 575. The molecule has 2 rings (SSSR count). The van der Waals surface area contributed by atoms with Gasteiger partial charge < -0.3 is 14.4 Å². The molecule has 1 aromatic carbocycles. The minimum Gasteiger partial charge on any atom is -0.478 e. The molecular weight excluding hydrogens is 232 g/mol. The summed E-state index contributed by atoms with van der Waals surface area (Å²) in [7, 11) is 0. The van der Waals surface area contributed by atoms with E-state index in [1.165, 1.54) is 6.07 Å². The summed E-state index contributed by atoms with van der Waals surface area (Å²) < 4.78 is 7.44. The van der Waals surface area contributed by atoms with Gasteiger partial charge in [-0.15, -0.1) is 0 Å². The zero-order valence-electron chi connectivity index (χ0n) is 10.3. The molecule has 0 saturated carbocycles. The van der Waals surface area contributed by atoms with Gasteiger partial charge in [0.1, 0.15) is 11.3 Å². The van der Waals surface area contributed by atoms with E-state index < -0.39 is 5.97 Å². The zero-order valence-corrected chi connectivity index (χ0v) is 10.3. The molecule has 0 spiro atoms. The topological polar surface area (TPSA) is 64.4 Å². The van der Waals surface area contributed by atoms with E-state index in [-0.39, 0.29) is 5.56 Å². The summed E-state index contributed by atoms with van der Waals surface area (Å²) in [5.74, 6) is -0.672. The van der Waals surface area contributed by atoms with Crippen LogP contribution in [0.15, 0.2) is 30.6 Å². The molecule has 0 bridgehead atoms. The van der Waals surface area contributed by atoms with Crippen LogP contribution < -0.4 is 4.74 Å². The van der Waals surface area contributed by atoms with E-state index in [2.05, 4.69) is 4.98 Å². The molecule has 0 saturated heterocycles. The van der Waals surface area contributed by atoms with Crippen LogP contribution in [-0.2, 0) is 6.54 Å². The van der Waals surface area contributed by atoms with Crippen LogP contribution in [0.1, 0.15) is 22.8 Å². The first-order valence-electron chi connectivity index (χ1n) is 5.65. The number of rotatable bonds is 4. The van der Waals surface area contributed by atoms with E-state index in [4.69, 9.17) is 9.84 Å². The molecule has 1 aromatic heterocycles. The molecule has 94 valence electrons. The van der Waals surface area contributed by atoms with E-state index in [1.807, 2.05) is 6.92 Å². The molecule has 1 N–H and O–H groups in total. The predicted octanol–water partition coefficient (Wildman–Crippen LogP) is 2.70. The van der Waals surface area contributed by atoms with Gasteiger partial charge >= 0.3 is 12.0 Å². The van der Waals surface area contributed by atoms with Crippen LogP contribution in [0.5, 0.6) is 11.8 Å². The third kappa shape index (κ3) is 2.20. The number of ether oxygens (including phenoxy) is 1. The highest BCUT2D eigenvalue weighted by Gasteiger charge is 2.15. The normalized spacial score (nSPS) is 10.3. The molecule has 0 fully saturated rings. The number of para-hydroxylation sites is 1. The fourth-order valence-electron chi connectivity index (χ4n) is 1.69. The van der Waals surface area contributed by atoms with Gasteiger partial charge in [-0.05, 0) is 25.5 Å². The Morgan fingerprint density at radius 3 is 2.94 bits per heavy atom. The first-order chi connectivity index (χ1) is 8.63. The maximum Gasteiger partial charge on any atom is 0.339 e. The van der Waals surface area contributed by atoms with E-state index >= 15 is 0 Å². The number of carboxylic acid groups (broad SMARTS) is 1. The first-order valence-corrected chi connectivity index (χ1v) is 5.65. The van der Waals surface area contributed by atoms with Gasteiger partial charge in [-0.1, -0.05) is 12.1 Å². The lowest BCUT2D eigenvalue weighted by Crippen LogP contribution is -2.04. The smallest absolute Gasteiger partial charge is 0.339 e. The lowest BCUT2D eigenvalue weighted by Gasteiger charge is -2.11. The minimum atomic E-state index is -1.01. The van der Waals surface area contributed by atoms with E-state index in [0.717, 1.165) is 5.56 Å². The van der Waals surface area contributed by atoms with Crippen molar-refractivity contribution >= 4 is 5.97 Å². The summed E-state index contributed by atoms with van der Waals surface area (Å²) in [6.45, 7) is 4.48. The summed E-state index contributed by atoms with van der Waals surface area (Å²) >= 11 is 0. The number of nitrogens with zero attached hydrogens (tertiary/aromatic N) is 2. The molecule has 5 heteroatoms. The Morgan fingerprint density at radius 2 is 2.28 bits per heavy atom. The third-order valence-corrected chi connectivity index (χ3v) is 2.65. The molecule has 5 nitrogen and oxygen atoms in total. The number of carboxylic acids is 1. The lowest BCUT2D eigenvalue weighted by molar-refractivity contribution is 0.0693. The Balaban J connectivity index is 2.42. The van der Waals surface area contributed by atoms with Gasteiger partial charge in [0.05, 0.1) is 0 Å². The molecule has 0 aliphatic rings. The van der Waals surface area contributed by atoms with Crippen LogP contribution in [0.4, 0.5) is 0 Å². The van der Waals surface area contributed by atoms with Crippen LogP contribution >= 0.6 is 0 Å². The number of carbonyl (C=O) groups is 1. The Kier molecular flexibility index (Phi) is 3.32. The van der Waals surface area contributed by atoms with E-state index in [9.17, 15) is 4.79 Å². The first kappa shape index (κ1) is 12.2. The summed E-state index contributed by atoms with van der Waals surface area (Å²) in [5, 5.41) is 9.14. The molecule has 0 atom stereocenters. The molecule has 0 aliphatic heterocycles. The van der Waals surface area contributed by atoms with E-state index in [1.54, 1.807) is 36.0 Å². The van der Waals surface area contributed by atoms with Crippen molar-refractivity contribution in [1.29, 1.82) is 0 Å². The van der Waals surface area contributed by atoms with Crippen LogP contribution in [0.3, 0.4) is 0 Å². The SMILES string of the molecule is CCn1ccnc1Oc1c(C)cccc1C(=O)O. The van der Waals surface area contributed by atoms with Crippen LogP contribution in [0, 0.1) is 6.92 Å². The van der Waals surface area contributed by atoms with Crippen molar-refractivity contribution in [2.75, 3.05) is 0 Å². The minimum absolute atomic E-state index is 0.139. The fourth-order valence-corrected chi connectivity index (χ4v) is 1.69. The molecule has 0 aliphatic carbocycles. The highest BCUT2D eigenvalue weighted by atomic mass is 16.5. The fraction of sp³-hybridized carbons (Fsp3) is 0.231. The summed E-state index contributed by atoms with van der Waals surface area (Å²) in [6, 6.07) is 5.41. The lowest BCUT2D eigenvalue weighted by atomic mass is 10.1. The van der Waals surface area contributed by atoms with Crippen LogP contribution in [0.25, 0.3) is 0 Å². The monoisotopic (exact) mass is 246 g/mol. The van der Waals surface area contributed by atoms with Gasteiger partial charge in [-0.25, -0.2) is 9.78 Å². The van der Waals surface area contributed by atoms with Gasteiger partial charge in [0, 0.05) is 18.9 Å². The van der Waals surface area contributed by atoms with Crippen molar-refractivity contribution in [2.24, 2.45) is 0 Å². The summed E-state index contributed by atoms with van der Waals surface area (Å²) in [4.78, 5) is 15.2. The molecular formula is C13H14N2O3. The van der Waals surface area contributed by atoms with Gasteiger partial charge in [0.2, 0.25) is 0 Å². The van der Waals surface area contributed by atoms with Gasteiger partial charge in [0.15, 0.2) is 0 Å². The second kappa shape index (κ2) is 4.91. The Hall–Kier alpha value is -2.30. The number of hydrogen-bond acceptors (Lipinski definition) is 3. The molecule has 2 aromatic rings. The molecule has 1 heterocycles. The van der Waals surface area contributed by atoms with Crippen molar-refractivity contribution in [3.63, 3.8) is 0 Å². The summed E-state index contributed by atoms with van der Waals surface area (Å²) in [6.07, 6.45) is 3.41.